The SMILES string of the molecule is Cc1nn(C(C)(C)C#N)cc1Nc1ncc(F)c(OC[C@H]2CC[C@@H](O)CC2)n1. The second-order valence-electron chi connectivity index (χ2n) is 7.70. The summed E-state index contributed by atoms with van der Waals surface area (Å²) in [5, 5.41) is 26.2. The summed E-state index contributed by atoms with van der Waals surface area (Å²) in [6.07, 6.45) is 5.72. The average Bonchev–Trinajstić information content (AvgIpc) is 3.05. The molecule has 0 saturated heterocycles. The molecule has 2 N–H and O–H groups in total. The van der Waals surface area contributed by atoms with Gasteiger partial charge in [-0.05, 0) is 52.4 Å². The zero-order valence-corrected chi connectivity index (χ0v) is 16.3. The van der Waals surface area contributed by atoms with E-state index < -0.39 is 11.4 Å². The molecule has 0 unspecified atom stereocenters. The molecule has 2 aromatic rings. The lowest BCUT2D eigenvalue weighted by molar-refractivity contribution is 0.0899. The Morgan fingerprint density at radius 1 is 1.39 bits per heavy atom. The third-order valence-electron chi connectivity index (χ3n) is 4.98. The van der Waals surface area contributed by atoms with Crippen LogP contribution < -0.4 is 10.1 Å². The highest BCUT2D eigenvalue weighted by molar-refractivity contribution is 5.55. The van der Waals surface area contributed by atoms with Gasteiger partial charge in [0.15, 0.2) is 0 Å². The fourth-order valence-corrected chi connectivity index (χ4v) is 3.06. The van der Waals surface area contributed by atoms with Crippen molar-refractivity contribution in [2.24, 2.45) is 5.92 Å². The minimum atomic E-state index is -0.795. The Balaban J connectivity index is 1.69. The molecule has 150 valence electrons. The molecular weight excluding hydrogens is 363 g/mol. The van der Waals surface area contributed by atoms with Gasteiger partial charge in [-0.25, -0.2) is 4.98 Å². The molecule has 0 amide bonds. The number of hydrogen-bond donors (Lipinski definition) is 2. The Morgan fingerprint density at radius 2 is 2.11 bits per heavy atom. The van der Waals surface area contributed by atoms with Gasteiger partial charge < -0.3 is 15.2 Å². The van der Waals surface area contributed by atoms with Crippen LogP contribution in [0.3, 0.4) is 0 Å². The molecule has 0 spiro atoms. The first-order chi connectivity index (χ1) is 13.3. The van der Waals surface area contributed by atoms with E-state index in [1.807, 2.05) is 0 Å². The molecule has 28 heavy (non-hydrogen) atoms. The Hall–Kier alpha value is -2.73. The van der Waals surface area contributed by atoms with Gasteiger partial charge in [0.1, 0.15) is 5.54 Å². The van der Waals surface area contributed by atoms with Crippen LogP contribution in [0.25, 0.3) is 0 Å². The van der Waals surface area contributed by atoms with Crippen LogP contribution in [0.4, 0.5) is 16.0 Å². The zero-order valence-electron chi connectivity index (χ0n) is 16.3. The first-order valence-electron chi connectivity index (χ1n) is 9.37. The van der Waals surface area contributed by atoms with Gasteiger partial charge >= 0.3 is 0 Å². The number of aromatic nitrogens is 4. The topological polar surface area (TPSA) is 109 Å². The molecule has 0 aliphatic heterocycles. The smallest absolute Gasteiger partial charge is 0.255 e. The summed E-state index contributed by atoms with van der Waals surface area (Å²) in [5.41, 5.74) is 0.498. The van der Waals surface area contributed by atoms with Crippen LogP contribution in [0.15, 0.2) is 12.4 Å². The maximum Gasteiger partial charge on any atom is 0.255 e. The lowest BCUT2D eigenvalue weighted by Gasteiger charge is -2.25. The van der Waals surface area contributed by atoms with Gasteiger partial charge in [-0.2, -0.15) is 19.7 Å². The van der Waals surface area contributed by atoms with Gasteiger partial charge in [0, 0.05) is 0 Å². The molecule has 3 rings (SSSR count). The summed E-state index contributed by atoms with van der Waals surface area (Å²) in [5.74, 6) is -0.263. The molecule has 1 saturated carbocycles. The predicted molar refractivity (Wildman–Crippen MR) is 101 cm³/mol. The number of aryl methyl sites for hydroxylation is 1. The van der Waals surface area contributed by atoms with Gasteiger partial charge in [-0.3, -0.25) is 4.68 Å². The standard InChI is InChI=1S/C19H25FN6O2/c1-12-16(9-26(25-12)19(2,3)11-21)23-18-22-8-15(20)17(24-18)28-10-13-4-6-14(27)7-5-13/h8-9,13-14,27H,4-7,10H2,1-3H3,(H,22,23,24)/t13-,14+. The minimum absolute atomic E-state index is 0.106. The maximum absolute atomic E-state index is 14.0. The number of nitriles is 1. The fourth-order valence-electron chi connectivity index (χ4n) is 3.06. The molecule has 1 aliphatic carbocycles. The highest BCUT2D eigenvalue weighted by Gasteiger charge is 2.23. The molecule has 1 aliphatic rings. The van der Waals surface area contributed by atoms with Crippen LogP contribution in [0, 0.1) is 30.0 Å². The van der Waals surface area contributed by atoms with Crippen LogP contribution in [0.1, 0.15) is 45.2 Å². The van der Waals surface area contributed by atoms with Crippen LogP contribution in [0.5, 0.6) is 5.88 Å². The van der Waals surface area contributed by atoms with Crippen molar-refractivity contribution < 1.29 is 14.2 Å². The Kier molecular flexibility index (Phi) is 5.79. The number of halogens is 1. The molecule has 0 atom stereocenters. The third kappa shape index (κ3) is 4.57. The van der Waals surface area contributed by atoms with Crippen molar-refractivity contribution in [3.63, 3.8) is 0 Å². The van der Waals surface area contributed by atoms with Crippen molar-refractivity contribution >= 4 is 11.6 Å². The van der Waals surface area contributed by atoms with Gasteiger partial charge in [0.25, 0.3) is 5.88 Å². The highest BCUT2D eigenvalue weighted by atomic mass is 19.1. The lowest BCUT2D eigenvalue weighted by atomic mass is 9.88. The largest absolute Gasteiger partial charge is 0.475 e. The number of nitrogens with zero attached hydrogens (tertiary/aromatic N) is 5. The first kappa shape index (κ1) is 20.0. The molecular formula is C19H25FN6O2. The van der Waals surface area contributed by atoms with E-state index >= 15 is 0 Å². The van der Waals surface area contributed by atoms with E-state index in [9.17, 15) is 14.8 Å². The summed E-state index contributed by atoms with van der Waals surface area (Å²) in [6, 6.07) is 2.19. The van der Waals surface area contributed by atoms with E-state index in [4.69, 9.17) is 4.74 Å². The van der Waals surface area contributed by atoms with Crippen LogP contribution >= 0.6 is 0 Å². The van der Waals surface area contributed by atoms with Crippen molar-refractivity contribution in [2.75, 3.05) is 11.9 Å². The van der Waals surface area contributed by atoms with Crippen molar-refractivity contribution in [1.29, 1.82) is 5.26 Å². The second-order valence-corrected chi connectivity index (χ2v) is 7.70. The fraction of sp³-hybridized carbons (Fsp3) is 0.579. The molecule has 2 aromatic heterocycles. The van der Waals surface area contributed by atoms with Crippen LogP contribution in [0.2, 0.25) is 0 Å². The van der Waals surface area contributed by atoms with Crippen LogP contribution in [-0.2, 0) is 5.54 Å². The molecule has 1 fully saturated rings. The number of rotatable bonds is 6. The molecule has 8 nitrogen and oxygen atoms in total. The number of anilines is 2. The third-order valence-corrected chi connectivity index (χ3v) is 4.98. The predicted octanol–water partition coefficient (Wildman–Crippen LogP) is 3.05. The van der Waals surface area contributed by atoms with Crippen molar-refractivity contribution in [1.82, 2.24) is 19.7 Å². The van der Waals surface area contributed by atoms with E-state index in [2.05, 4.69) is 26.5 Å². The maximum atomic E-state index is 14.0. The summed E-state index contributed by atoms with van der Waals surface area (Å²) in [6.45, 7) is 5.67. The molecule has 0 bridgehead atoms. The van der Waals surface area contributed by atoms with Gasteiger partial charge in [0.05, 0.1) is 42.6 Å². The Morgan fingerprint density at radius 3 is 2.79 bits per heavy atom. The van der Waals surface area contributed by atoms with Crippen LogP contribution in [-0.4, -0.2) is 37.6 Å². The summed E-state index contributed by atoms with van der Waals surface area (Å²) in [7, 11) is 0. The molecule has 9 heteroatoms. The summed E-state index contributed by atoms with van der Waals surface area (Å²) >= 11 is 0. The van der Waals surface area contributed by atoms with Gasteiger partial charge in [-0.1, -0.05) is 0 Å². The van der Waals surface area contributed by atoms with E-state index in [0.29, 0.717) is 18.0 Å². The summed E-state index contributed by atoms with van der Waals surface area (Å²) < 4.78 is 21.2. The van der Waals surface area contributed by atoms with E-state index in [1.165, 1.54) is 0 Å². The number of nitrogens with one attached hydrogen (secondary N) is 1. The number of aliphatic hydroxyl groups is 1. The molecule has 2 heterocycles. The van der Waals surface area contributed by atoms with E-state index in [1.54, 1.807) is 31.6 Å². The average molecular weight is 388 g/mol. The monoisotopic (exact) mass is 388 g/mol. The van der Waals surface area contributed by atoms with E-state index in [-0.39, 0.29) is 23.9 Å². The minimum Gasteiger partial charge on any atom is -0.475 e. The van der Waals surface area contributed by atoms with E-state index in [0.717, 1.165) is 31.9 Å². The Bertz CT molecular complexity index is 868. The quantitative estimate of drug-likeness (QED) is 0.783. The molecule has 0 aromatic carbocycles. The number of ether oxygens (including phenoxy) is 1. The lowest BCUT2D eigenvalue weighted by Crippen LogP contribution is -2.24. The first-order valence-corrected chi connectivity index (χ1v) is 9.37. The number of aliphatic hydroxyl groups excluding tert-OH is 1. The van der Waals surface area contributed by atoms with Crippen molar-refractivity contribution in [3.05, 3.63) is 23.9 Å². The zero-order chi connectivity index (χ0) is 20.3. The number of hydrogen-bond acceptors (Lipinski definition) is 7. The Labute approximate surface area is 163 Å². The normalized spacial score (nSPS) is 19.9. The summed E-state index contributed by atoms with van der Waals surface area (Å²) in [4.78, 5) is 8.09. The van der Waals surface area contributed by atoms with Gasteiger partial charge in [-0.15, -0.1) is 0 Å². The van der Waals surface area contributed by atoms with Gasteiger partial charge in [0.2, 0.25) is 11.8 Å². The highest BCUT2D eigenvalue weighted by Crippen LogP contribution is 2.26. The second kappa shape index (κ2) is 8.10. The molecule has 0 radical (unpaired) electrons. The van der Waals surface area contributed by atoms with Crippen molar-refractivity contribution in [3.8, 4) is 11.9 Å². The van der Waals surface area contributed by atoms with Crippen molar-refractivity contribution in [2.45, 2.75) is 58.1 Å².